The molecule has 0 bridgehead atoms. The number of guanidine groups is 1. The normalized spacial score (nSPS) is 16.3. The van der Waals surface area contributed by atoms with Crippen molar-refractivity contribution in [3.63, 3.8) is 0 Å². The maximum atomic E-state index is 6.20. The molecule has 152 valence electrons. The van der Waals surface area contributed by atoms with E-state index in [1.807, 2.05) is 18.2 Å². The summed E-state index contributed by atoms with van der Waals surface area (Å²) < 4.78 is 5.71. The number of ether oxygens (including phenoxy) is 1. The standard InChI is InChI=1S/C22H30N4O.HI/c1-16(2)26(3)15-18-9-5-4-8-17(18)14-24-22(23)25-20-12-13-27-21-11-7-6-10-19(20)21;/h4-11,16,20H,12-15H2,1-3H3,(H3,23,24,25);1H. The Balaban J connectivity index is 0.00000280. The van der Waals surface area contributed by atoms with E-state index in [1.54, 1.807) is 0 Å². The zero-order valence-corrected chi connectivity index (χ0v) is 19.2. The van der Waals surface area contributed by atoms with E-state index in [4.69, 9.17) is 10.5 Å². The molecule has 6 heteroatoms. The fraction of sp³-hybridized carbons (Fsp3) is 0.409. The first-order chi connectivity index (χ1) is 13.0. The molecule has 3 rings (SSSR count). The Labute approximate surface area is 185 Å². The van der Waals surface area contributed by atoms with Gasteiger partial charge in [-0.05, 0) is 38.1 Å². The van der Waals surface area contributed by atoms with Crippen molar-refractivity contribution in [2.24, 2.45) is 10.7 Å². The van der Waals surface area contributed by atoms with Gasteiger partial charge in [0.15, 0.2) is 5.96 Å². The zero-order chi connectivity index (χ0) is 19.2. The molecule has 1 atom stereocenters. The summed E-state index contributed by atoms with van der Waals surface area (Å²) in [4.78, 5) is 6.92. The lowest BCUT2D eigenvalue weighted by Gasteiger charge is -2.27. The molecule has 2 aromatic carbocycles. The van der Waals surface area contributed by atoms with Crippen molar-refractivity contribution >= 4 is 29.9 Å². The summed E-state index contributed by atoms with van der Waals surface area (Å²) in [5.74, 6) is 1.40. The average Bonchev–Trinajstić information content (AvgIpc) is 2.67. The predicted octanol–water partition coefficient (Wildman–Crippen LogP) is 4.07. The Morgan fingerprint density at radius 3 is 2.61 bits per heavy atom. The Kier molecular flexibility index (Phi) is 8.57. The lowest BCUT2D eigenvalue weighted by atomic mass is 10.0. The van der Waals surface area contributed by atoms with Crippen molar-refractivity contribution in [3.05, 3.63) is 65.2 Å². The molecule has 0 amide bonds. The molecule has 0 radical (unpaired) electrons. The van der Waals surface area contributed by atoms with Crippen molar-refractivity contribution < 1.29 is 4.74 Å². The van der Waals surface area contributed by atoms with Crippen LogP contribution in [-0.4, -0.2) is 30.6 Å². The number of nitrogens with one attached hydrogen (secondary N) is 1. The molecular formula is C22H31IN4O. The van der Waals surface area contributed by atoms with E-state index in [2.05, 4.69) is 66.4 Å². The highest BCUT2D eigenvalue weighted by Gasteiger charge is 2.21. The number of halogens is 1. The van der Waals surface area contributed by atoms with E-state index in [0.29, 0.717) is 25.2 Å². The van der Waals surface area contributed by atoms with Crippen molar-refractivity contribution in [3.8, 4) is 5.75 Å². The van der Waals surface area contributed by atoms with Crippen LogP contribution in [0.4, 0.5) is 0 Å². The van der Waals surface area contributed by atoms with E-state index in [1.165, 1.54) is 11.1 Å². The molecule has 2 aromatic rings. The number of benzene rings is 2. The number of nitrogens with zero attached hydrogens (tertiary/aromatic N) is 2. The van der Waals surface area contributed by atoms with Gasteiger partial charge < -0.3 is 15.8 Å². The number of rotatable bonds is 6. The van der Waals surface area contributed by atoms with Crippen LogP contribution < -0.4 is 15.8 Å². The van der Waals surface area contributed by atoms with Gasteiger partial charge in [-0.15, -0.1) is 24.0 Å². The minimum absolute atomic E-state index is 0. The first-order valence-corrected chi connectivity index (χ1v) is 9.60. The smallest absolute Gasteiger partial charge is 0.189 e. The minimum Gasteiger partial charge on any atom is -0.493 e. The van der Waals surface area contributed by atoms with Crippen molar-refractivity contribution in [1.82, 2.24) is 10.2 Å². The molecule has 3 N–H and O–H groups in total. The second-order valence-corrected chi connectivity index (χ2v) is 7.35. The predicted molar refractivity (Wildman–Crippen MR) is 126 cm³/mol. The molecule has 28 heavy (non-hydrogen) atoms. The number of hydrogen-bond donors (Lipinski definition) is 2. The third kappa shape index (κ3) is 5.85. The zero-order valence-electron chi connectivity index (χ0n) is 16.9. The molecule has 1 heterocycles. The third-order valence-corrected chi connectivity index (χ3v) is 5.12. The molecule has 0 aromatic heterocycles. The second kappa shape index (κ2) is 10.7. The molecule has 1 aliphatic rings. The monoisotopic (exact) mass is 494 g/mol. The van der Waals surface area contributed by atoms with Gasteiger partial charge >= 0.3 is 0 Å². The van der Waals surface area contributed by atoms with Gasteiger partial charge in [0.05, 0.1) is 19.2 Å². The van der Waals surface area contributed by atoms with Crippen LogP contribution in [0.25, 0.3) is 0 Å². The molecule has 0 spiro atoms. The van der Waals surface area contributed by atoms with Crippen LogP contribution in [0, 0.1) is 0 Å². The van der Waals surface area contributed by atoms with E-state index in [-0.39, 0.29) is 30.0 Å². The van der Waals surface area contributed by atoms with Gasteiger partial charge in [-0.2, -0.15) is 0 Å². The van der Waals surface area contributed by atoms with Crippen LogP contribution >= 0.6 is 24.0 Å². The highest BCUT2D eigenvalue weighted by molar-refractivity contribution is 14.0. The number of aliphatic imine (C=N–C) groups is 1. The van der Waals surface area contributed by atoms with Crippen molar-refractivity contribution in [2.45, 2.75) is 45.4 Å². The number of fused-ring (bicyclic) bond motifs is 1. The Bertz CT molecular complexity index is 794. The summed E-state index contributed by atoms with van der Waals surface area (Å²) in [6.45, 7) is 6.57. The SMILES string of the molecule is CC(C)N(C)Cc1ccccc1CN=C(N)NC1CCOc2ccccc21.I. The number of hydrogen-bond acceptors (Lipinski definition) is 3. The average molecular weight is 494 g/mol. The Morgan fingerprint density at radius 2 is 1.86 bits per heavy atom. The topological polar surface area (TPSA) is 62.9 Å². The Hall–Kier alpha value is -1.80. The van der Waals surface area contributed by atoms with Gasteiger partial charge in [-0.1, -0.05) is 42.5 Å². The molecule has 0 saturated carbocycles. The fourth-order valence-electron chi connectivity index (χ4n) is 3.20. The summed E-state index contributed by atoms with van der Waals surface area (Å²) in [7, 11) is 2.14. The van der Waals surface area contributed by atoms with Crippen LogP contribution in [-0.2, 0) is 13.1 Å². The van der Waals surface area contributed by atoms with Crippen LogP contribution in [0.2, 0.25) is 0 Å². The molecule has 0 aliphatic carbocycles. The van der Waals surface area contributed by atoms with E-state index in [9.17, 15) is 0 Å². The van der Waals surface area contributed by atoms with Gasteiger partial charge in [0.2, 0.25) is 0 Å². The van der Waals surface area contributed by atoms with Crippen LogP contribution in [0.1, 0.15) is 43.0 Å². The summed E-state index contributed by atoms with van der Waals surface area (Å²) in [6.07, 6.45) is 0.878. The highest BCUT2D eigenvalue weighted by Crippen LogP contribution is 2.31. The Morgan fingerprint density at radius 1 is 1.18 bits per heavy atom. The third-order valence-electron chi connectivity index (χ3n) is 5.12. The van der Waals surface area contributed by atoms with Crippen LogP contribution in [0.5, 0.6) is 5.75 Å². The summed E-state index contributed by atoms with van der Waals surface area (Å²) in [5.41, 5.74) is 9.84. The molecule has 0 fully saturated rings. The molecule has 1 unspecified atom stereocenters. The summed E-state index contributed by atoms with van der Waals surface area (Å²) >= 11 is 0. The highest BCUT2D eigenvalue weighted by atomic mass is 127. The van der Waals surface area contributed by atoms with E-state index >= 15 is 0 Å². The number of nitrogens with two attached hydrogens (primary N) is 1. The maximum Gasteiger partial charge on any atom is 0.189 e. The fourth-order valence-corrected chi connectivity index (χ4v) is 3.20. The lowest BCUT2D eigenvalue weighted by Crippen LogP contribution is -2.37. The van der Waals surface area contributed by atoms with Gasteiger partial charge in [0, 0.05) is 24.6 Å². The van der Waals surface area contributed by atoms with Gasteiger partial charge in [0.25, 0.3) is 0 Å². The van der Waals surface area contributed by atoms with Gasteiger partial charge in [0.1, 0.15) is 5.75 Å². The first kappa shape index (κ1) is 22.5. The van der Waals surface area contributed by atoms with E-state index < -0.39 is 0 Å². The lowest BCUT2D eigenvalue weighted by molar-refractivity contribution is 0.262. The minimum atomic E-state index is 0. The second-order valence-electron chi connectivity index (χ2n) is 7.35. The van der Waals surface area contributed by atoms with Crippen molar-refractivity contribution in [2.75, 3.05) is 13.7 Å². The van der Waals surface area contributed by atoms with Crippen LogP contribution in [0.3, 0.4) is 0 Å². The quantitative estimate of drug-likeness (QED) is 0.361. The largest absolute Gasteiger partial charge is 0.493 e. The number of para-hydroxylation sites is 1. The van der Waals surface area contributed by atoms with E-state index in [0.717, 1.165) is 24.3 Å². The first-order valence-electron chi connectivity index (χ1n) is 9.60. The summed E-state index contributed by atoms with van der Waals surface area (Å²) in [5, 5.41) is 3.36. The van der Waals surface area contributed by atoms with Gasteiger partial charge in [-0.25, -0.2) is 4.99 Å². The van der Waals surface area contributed by atoms with Gasteiger partial charge in [-0.3, -0.25) is 4.90 Å². The summed E-state index contributed by atoms with van der Waals surface area (Å²) in [6, 6.07) is 17.2. The maximum absolute atomic E-state index is 6.20. The van der Waals surface area contributed by atoms with Crippen LogP contribution in [0.15, 0.2) is 53.5 Å². The molecule has 0 saturated heterocycles. The molecular weight excluding hydrogens is 463 g/mol. The van der Waals surface area contributed by atoms with Crippen molar-refractivity contribution in [1.29, 1.82) is 0 Å². The molecule has 5 nitrogen and oxygen atoms in total. The molecule has 1 aliphatic heterocycles.